The number of thiol groups is 1. The molecule has 168 valence electrons. The number of esters is 1. The Kier molecular flexibility index (Phi) is 10.7. The van der Waals surface area contributed by atoms with Crippen LogP contribution in [0.15, 0.2) is 51.4 Å². The normalized spacial score (nSPS) is 12.6. The minimum atomic E-state index is -0.979. The van der Waals surface area contributed by atoms with Gasteiger partial charge in [-0.3, -0.25) is 10.1 Å². The average molecular weight is 577 g/mol. The Labute approximate surface area is 203 Å². The molecule has 0 heterocycles. The highest BCUT2D eigenvalue weighted by atomic mass is 79.9. The van der Waals surface area contributed by atoms with E-state index >= 15 is 0 Å². The van der Waals surface area contributed by atoms with Crippen molar-refractivity contribution < 1.29 is 28.9 Å². The summed E-state index contributed by atoms with van der Waals surface area (Å²) in [6.07, 6.45) is -2.15. The number of hydrogen-bond donors (Lipinski definition) is 3. The number of carbonyl (C=O) groups excluding carboxylic acids is 2. The zero-order valence-electron chi connectivity index (χ0n) is 16.7. The number of amides is 1. The van der Waals surface area contributed by atoms with Gasteiger partial charge in [0.25, 0.3) is 0 Å². The number of carbonyl (C=O) groups is 2. The third-order valence-electron chi connectivity index (χ3n) is 4.13. The Bertz CT molecular complexity index is 884. The molecule has 0 radical (unpaired) electrons. The molecule has 2 aromatic carbocycles. The van der Waals surface area contributed by atoms with Crippen LogP contribution in [0.25, 0.3) is 0 Å². The molecule has 10 heteroatoms. The first-order valence-electron chi connectivity index (χ1n) is 9.44. The summed E-state index contributed by atoms with van der Waals surface area (Å²) < 4.78 is 17.7. The van der Waals surface area contributed by atoms with Gasteiger partial charge in [0, 0.05) is 28.8 Å². The van der Waals surface area contributed by atoms with Gasteiger partial charge in [0.05, 0.1) is 16.8 Å². The number of hydrogen-bond acceptors (Lipinski definition) is 7. The SMILES string of the molecule is CCO[C@H](CCOC(=O)CS)[C@H](OC(=O)Nc1ccccc1)c1cc(Br)cc(Br)c1O. The maximum Gasteiger partial charge on any atom is 0.412 e. The van der Waals surface area contributed by atoms with Crippen LogP contribution in [-0.2, 0) is 19.0 Å². The molecule has 0 aromatic heterocycles. The quantitative estimate of drug-likeness (QED) is 0.256. The molecule has 2 atom stereocenters. The maximum atomic E-state index is 12.6. The first-order chi connectivity index (χ1) is 14.8. The molecule has 0 unspecified atom stereocenters. The van der Waals surface area contributed by atoms with Crippen LogP contribution in [0.2, 0.25) is 0 Å². The summed E-state index contributed by atoms with van der Waals surface area (Å²) in [5.41, 5.74) is 0.894. The first kappa shape index (κ1) is 25.5. The Morgan fingerprint density at radius 3 is 2.55 bits per heavy atom. The second-order valence-electron chi connectivity index (χ2n) is 6.30. The monoisotopic (exact) mass is 575 g/mol. The summed E-state index contributed by atoms with van der Waals surface area (Å²) in [5, 5.41) is 13.3. The number of phenols is 1. The summed E-state index contributed by atoms with van der Waals surface area (Å²) in [6.45, 7) is 2.16. The molecule has 0 fully saturated rings. The number of para-hydroxylation sites is 1. The van der Waals surface area contributed by atoms with Crippen molar-refractivity contribution in [2.75, 3.05) is 24.3 Å². The third kappa shape index (κ3) is 8.03. The molecule has 0 aliphatic heterocycles. The molecule has 0 spiro atoms. The topological polar surface area (TPSA) is 94.1 Å². The number of benzene rings is 2. The average Bonchev–Trinajstić information content (AvgIpc) is 2.74. The molecule has 0 saturated carbocycles. The van der Waals surface area contributed by atoms with Crippen molar-refractivity contribution in [1.29, 1.82) is 0 Å². The standard InChI is InChI=1S/C21H23Br2NO6S/c1-2-28-17(8-9-29-18(25)12-31)20(15-10-13(22)11-16(23)19(15)26)30-21(27)24-14-6-4-3-5-7-14/h3-7,10-11,17,20,26,31H,2,8-9,12H2,1H3,(H,24,27)/t17-,20-/m1/s1. The Balaban J connectivity index is 2.30. The van der Waals surface area contributed by atoms with Crippen molar-refractivity contribution >= 4 is 62.2 Å². The van der Waals surface area contributed by atoms with Gasteiger partial charge in [-0.15, -0.1) is 0 Å². The highest BCUT2D eigenvalue weighted by molar-refractivity contribution is 9.11. The number of ether oxygens (including phenoxy) is 3. The summed E-state index contributed by atoms with van der Waals surface area (Å²) >= 11 is 10.6. The summed E-state index contributed by atoms with van der Waals surface area (Å²) in [6, 6.07) is 12.1. The molecular weight excluding hydrogens is 554 g/mol. The highest BCUT2D eigenvalue weighted by Gasteiger charge is 2.31. The lowest BCUT2D eigenvalue weighted by molar-refractivity contribution is -0.142. The number of rotatable bonds is 10. The van der Waals surface area contributed by atoms with Crippen molar-refractivity contribution in [2.24, 2.45) is 0 Å². The van der Waals surface area contributed by atoms with Gasteiger partial charge in [-0.05, 0) is 47.1 Å². The molecule has 1 amide bonds. The van der Waals surface area contributed by atoms with E-state index in [0.29, 0.717) is 26.8 Å². The van der Waals surface area contributed by atoms with Crippen LogP contribution >= 0.6 is 44.5 Å². The van der Waals surface area contributed by atoms with Gasteiger partial charge >= 0.3 is 12.1 Å². The fraction of sp³-hybridized carbons (Fsp3) is 0.333. The minimum Gasteiger partial charge on any atom is -0.506 e. The van der Waals surface area contributed by atoms with Gasteiger partial charge in [0.1, 0.15) is 11.9 Å². The Morgan fingerprint density at radius 1 is 1.19 bits per heavy atom. The lowest BCUT2D eigenvalue weighted by Gasteiger charge is -2.28. The van der Waals surface area contributed by atoms with Crippen LogP contribution in [0, 0.1) is 0 Å². The van der Waals surface area contributed by atoms with Crippen molar-refractivity contribution in [3.8, 4) is 5.75 Å². The van der Waals surface area contributed by atoms with Crippen LogP contribution in [0.1, 0.15) is 25.0 Å². The summed E-state index contributed by atoms with van der Waals surface area (Å²) in [7, 11) is 0. The van der Waals surface area contributed by atoms with Crippen LogP contribution in [0.4, 0.5) is 10.5 Å². The molecule has 7 nitrogen and oxygen atoms in total. The van der Waals surface area contributed by atoms with Gasteiger partial charge in [0.2, 0.25) is 0 Å². The molecular formula is C21H23Br2NO6S. The fourth-order valence-electron chi connectivity index (χ4n) is 2.80. The number of phenolic OH excluding ortho intramolecular Hbond substituents is 1. The van der Waals surface area contributed by atoms with E-state index in [4.69, 9.17) is 14.2 Å². The van der Waals surface area contributed by atoms with Gasteiger partial charge < -0.3 is 19.3 Å². The highest BCUT2D eigenvalue weighted by Crippen LogP contribution is 2.39. The zero-order chi connectivity index (χ0) is 22.8. The molecule has 0 aliphatic carbocycles. The summed E-state index contributed by atoms with van der Waals surface area (Å²) in [5.74, 6) is -0.596. The van der Waals surface area contributed by atoms with Crippen LogP contribution in [-0.4, -0.2) is 42.2 Å². The van der Waals surface area contributed by atoms with Gasteiger partial charge in [0.15, 0.2) is 6.10 Å². The summed E-state index contributed by atoms with van der Waals surface area (Å²) in [4.78, 5) is 24.1. The van der Waals surface area contributed by atoms with Gasteiger partial charge in [-0.25, -0.2) is 4.79 Å². The molecule has 2 rings (SSSR count). The maximum absolute atomic E-state index is 12.6. The van der Waals surface area contributed by atoms with E-state index in [-0.39, 0.29) is 24.5 Å². The molecule has 0 aliphatic rings. The second-order valence-corrected chi connectivity index (χ2v) is 8.39. The van der Waals surface area contributed by atoms with E-state index in [1.807, 2.05) is 6.07 Å². The second kappa shape index (κ2) is 12.9. The number of anilines is 1. The van der Waals surface area contributed by atoms with Gasteiger partial charge in [-0.1, -0.05) is 34.1 Å². The molecule has 31 heavy (non-hydrogen) atoms. The van der Waals surface area contributed by atoms with E-state index in [1.54, 1.807) is 43.3 Å². The van der Waals surface area contributed by atoms with E-state index in [9.17, 15) is 14.7 Å². The van der Waals surface area contributed by atoms with Crippen molar-refractivity contribution in [2.45, 2.75) is 25.6 Å². The molecule has 0 bridgehead atoms. The van der Waals surface area contributed by atoms with E-state index < -0.39 is 24.3 Å². The van der Waals surface area contributed by atoms with E-state index in [0.717, 1.165) is 0 Å². The number of nitrogens with one attached hydrogen (secondary N) is 1. The molecule has 0 saturated heterocycles. The van der Waals surface area contributed by atoms with E-state index in [1.165, 1.54) is 0 Å². The Hall–Kier alpha value is -1.75. The lowest BCUT2D eigenvalue weighted by Crippen LogP contribution is -2.30. The smallest absolute Gasteiger partial charge is 0.412 e. The lowest BCUT2D eigenvalue weighted by atomic mass is 10.0. The third-order valence-corrected chi connectivity index (χ3v) is 5.45. The fourth-order valence-corrected chi connectivity index (χ4v) is 4.15. The number of aromatic hydroxyl groups is 1. The molecule has 2 N–H and O–H groups in total. The first-order valence-corrected chi connectivity index (χ1v) is 11.7. The van der Waals surface area contributed by atoms with Crippen LogP contribution < -0.4 is 5.32 Å². The van der Waals surface area contributed by atoms with Crippen molar-refractivity contribution in [1.82, 2.24) is 0 Å². The largest absolute Gasteiger partial charge is 0.506 e. The van der Waals surface area contributed by atoms with Crippen molar-refractivity contribution in [3.05, 3.63) is 57.0 Å². The predicted octanol–water partition coefficient (Wildman–Crippen LogP) is 5.48. The predicted molar refractivity (Wildman–Crippen MR) is 128 cm³/mol. The van der Waals surface area contributed by atoms with Crippen LogP contribution in [0.3, 0.4) is 0 Å². The van der Waals surface area contributed by atoms with Gasteiger partial charge in [-0.2, -0.15) is 12.6 Å². The molecule has 2 aromatic rings. The zero-order valence-corrected chi connectivity index (χ0v) is 20.8. The van der Waals surface area contributed by atoms with E-state index in [2.05, 4.69) is 49.8 Å². The Morgan fingerprint density at radius 2 is 1.90 bits per heavy atom. The van der Waals surface area contributed by atoms with Crippen molar-refractivity contribution in [3.63, 3.8) is 0 Å². The minimum absolute atomic E-state index is 0.0418. The number of halogens is 2. The van der Waals surface area contributed by atoms with Crippen LogP contribution in [0.5, 0.6) is 5.75 Å².